The molecule has 2 rings (SSSR count). The van der Waals surface area contributed by atoms with Crippen molar-refractivity contribution in [2.24, 2.45) is 0 Å². The Morgan fingerprint density at radius 1 is 0.765 bits per heavy atom. The van der Waals surface area contributed by atoms with Gasteiger partial charge in [0.05, 0.1) is 0 Å². The Balaban J connectivity index is 2.25. The third-order valence-electron chi connectivity index (χ3n) is 3.32. The molecule has 17 heavy (non-hydrogen) atoms. The fraction of sp³-hybridized carbons (Fsp3) is 0.250. The van der Waals surface area contributed by atoms with E-state index in [9.17, 15) is 0 Å². The molecule has 2 radical (unpaired) electrons. The first-order valence-corrected chi connectivity index (χ1v) is 5.97. The van der Waals surface area contributed by atoms with Gasteiger partial charge in [-0.15, -0.1) is 0 Å². The summed E-state index contributed by atoms with van der Waals surface area (Å²) < 4.78 is 0. The zero-order valence-corrected chi connectivity index (χ0v) is 10.7. The fourth-order valence-corrected chi connectivity index (χ4v) is 1.95. The summed E-state index contributed by atoms with van der Waals surface area (Å²) in [4.78, 5) is 0. The number of aryl methyl sites for hydroxylation is 3. The van der Waals surface area contributed by atoms with Crippen molar-refractivity contribution >= 4 is 13.3 Å². The normalized spacial score (nSPS) is 10.5. The highest BCUT2D eigenvalue weighted by Crippen LogP contribution is 2.14. The van der Waals surface area contributed by atoms with Gasteiger partial charge in [0.2, 0.25) is 0 Å². The predicted molar refractivity (Wildman–Crippen MR) is 75.3 cm³/mol. The van der Waals surface area contributed by atoms with Crippen LogP contribution in [-0.2, 0) is 6.42 Å². The Labute approximate surface area is 105 Å². The highest BCUT2D eigenvalue weighted by Gasteiger charge is 2.00. The molecule has 1 heteroatoms. The molecule has 0 aromatic heterocycles. The second-order valence-electron chi connectivity index (χ2n) is 4.79. The van der Waals surface area contributed by atoms with Gasteiger partial charge in [0.15, 0.2) is 0 Å². The molecular formula is C16H17B. The van der Waals surface area contributed by atoms with Crippen LogP contribution in [0.4, 0.5) is 0 Å². The predicted octanol–water partition coefficient (Wildman–Crippen LogP) is 3.00. The molecule has 0 bridgehead atoms. The second-order valence-corrected chi connectivity index (χ2v) is 4.79. The Bertz CT molecular complexity index is 492. The number of benzene rings is 2. The molecular weight excluding hydrogens is 203 g/mol. The lowest BCUT2D eigenvalue weighted by Crippen LogP contribution is -2.08. The SMILES string of the molecule is [B]c1cc(Cc2ccc(C)c(C)c2)ccc1C. The number of hydrogen-bond acceptors (Lipinski definition) is 0. The molecule has 0 N–H and O–H groups in total. The van der Waals surface area contributed by atoms with Crippen LogP contribution in [-0.4, -0.2) is 7.85 Å². The van der Waals surface area contributed by atoms with Gasteiger partial charge in [-0.3, -0.25) is 0 Å². The topological polar surface area (TPSA) is 0 Å². The first kappa shape index (κ1) is 12.0. The van der Waals surface area contributed by atoms with Crippen molar-refractivity contribution in [3.8, 4) is 0 Å². The standard InChI is InChI=1S/C16H17B/c1-11-4-6-14(8-13(11)3)9-15-7-5-12(2)16(17)10-15/h4-8,10H,9H2,1-3H3. The fourth-order valence-electron chi connectivity index (χ4n) is 1.95. The van der Waals surface area contributed by atoms with E-state index in [1.54, 1.807) is 0 Å². The average Bonchev–Trinajstić information content (AvgIpc) is 2.29. The molecule has 0 atom stereocenters. The summed E-state index contributed by atoms with van der Waals surface area (Å²) in [5.41, 5.74) is 7.34. The van der Waals surface area contributed by atoms with E-state index in [1.165, 1.54) is 22.3 Å². The van der Waals surface area contributed by atoms with E-state index in [0.29, 0.717) is 0 Å². The smallest absolute Gasteiger partial charge is 0.0935 e. The Morgan fingerprint density at radius 2 is 1.35 bits per heavy atom. The van der Waals surface area contributed by atoms with Crippen molar-refractivity contribution in [1.29, 1.82) is 0 Å². The number of rotatable bonds is 2. The summed E-state index contributed by atoms with van der Waals surface area (Å²) in [6, 6.07) is 12.9. The molecule has 0 nitrogen and oxygen atoms in total. The van der Waals surface area contributed by atoms with Gasteiger partial charge in [-0.05, 0) is 49.4 Å². The second kappa shape index (κ2) is 4.79. The van der Waals surface area contributed by atoms with Gasteiger partial charge >= 0.3 is 0 Å². The average molecular weight is 220 g/mol. The van der Waals surface area contributed by atoms with E-state index in [4.69, 9.17) is 7.85 Å². The van der Waals surface area contributed by atoms with Crippen LogP contribution in [0.25, 0.3) is 0 Å². The van der Waals surface area contributed by atoms with E-state index in [2.05, 4.69) is 50.2 Å². The molecule has 0 aliphatic carbocycles. The Morgan fingerprint density at radius 3 is 1.94 bits per heavy atom. The summed E-state index contributed by atoms with van der Waals surface area (Å²) in [6.07, 6.45) is 0.950. The molecule has 84 valence electrons. The molecule has 2 aromatic carbocycles. The summed E-state index contributed by atoms with van der Waals surface area (Å²) in [5.74, 6) is 0. The molecule has 0 amide bonds. The molecule has 0 saturated carbocycles. The highest BCUT2D eigenvalue weighted by molar-refractivity contribution is 6.33. The van der Waals surface area contributed by atoms with Gasteiger partial charge in [-0.1, -0.05) is 47.4 Å². The zero-order valence-electron chi connectivity index (χ0n) is 10.7. The minimum absolute atomic E-state index is 0.881. The van der Waals surface area contributed by atoms with Crippen molar-refractivity contribution in [1.82, 2.24) is 0 Å². The molecule has 0 saturated heterocycles. The lowest BCUT2D eigenvalue weighted by Gasteiger charge is -2.08. The maximum Gasteiger partial charge on any atom is 0.114 e. The monoisotopic (exact) mass is 220 g/mol. The minimum atomic E-state index is 0.881. The van der Waals surface area contributed by atoms with Crippen molar-refractivity contribution in [2.75, 3.05) is 0 Å². The van der Waals surface area contributed by atoms with E-state index in [-0.39, 0.29) is 0 Å². The van der Waals surface area contributed by atoms with Gasteiger partial charge in [0.25, 0.3) is 0 Å². The lowest BCUT2D eigenvalue weighted by atomic mass is 9.88. The first-order valence-electron chi connectivity index (χ1n) is 5.97. The van der Waals surface area contributed by atoms with E-state index >= 15 is 0 Å². The first-order chi connectivity index (χ1) is 8.06. The number of hydrogen-bond donors (Lipinski definition) is 0. The van der Waals surface area contributed by atoms with Crippen molar-refractivity contribution in [3.63, 3.8) is 0 Å². The van der Waals surface area contributed by atoms with Gasteiger partial charge in [0, 0.05) is 0 Å². The van der Waals surface area contributed by atoms with Crippen LogP contribution < -0.4 is 5.46 Å². The maximum absolute atomic E-state index is 5.93. The van der Waals surface area contributed by atoms with Crippen LogP contribution in [0, 0.1) is 20.8 Å². The molecule has 0 spiro atoms. The minimum Gasteiger partial charge on any atom is -0.0935 e. The van der Waals surface area contributed by atoms with Crippen molar-refractivity contribution in [2.45, 2.75) is 27.2 Å². The van der Waals surface area contributed by atoms with Crippen LogP contribution in [0.3, 0.4) is 0 Å². The molecule has 0 aliphatic rings. The van der Waals surface area contributed by atoms with Crippen LogP contribution >= 0.6 is 0 Å². The zero-order chi connectivity index (χ0) is 12.4. The van der Waals surface area contributed by atoms with Gasteiger partial charge in [0.1, 0.15) is 7.85 Å². The summed E-state index contributed by atoms with van der Waals surface area (Å²) in [7, 11) is 5.93. The third kappa shape index (κ3) is 2.79. The van der Waals surface area contributed by atoms with Crippen LogP contribution in [0.1, 0.15) is 27.8 Å². The van der Waals surface area contributed by atoms with Crippen molar-refractivity contribution < 1.29 is 0 Å². The van der Waals surface area contributed by atoms with Crippen molar-refractivity contribution in [3.05, 3.63) is 64.2 Å². The van der Waals surface area contributed by atoms with Gasteiger partial charge in [-0.25, -0.2) is 0 Å². The Kier molecular flexibility index (Phi) is 3.37. The largest absolute Gasteiger partial charge is 0.114 e. The maximum atomic E-state index is 5.93. The molecule has 2 aromatic rings. The van der Waals surface area contributed by atoms with Crippen LogP contribution in [0.2, 0.25) is 0 Å². The van der Waals surface area contributed by atoms with E-state index in [1.807, 2.05) is 6.92 Å². The van der Waals surface area contributed by atoms with Gasteiger partial charge < -0.3 is 0 Å². The summed E-state index contributed by atoms with van der Waals surface area (Å²) in [6.45, 7) is 6.33. The van der Waals surface area contributed by atoms with Crippen LogP contribution in [0.5, 0.6) is 0 Å². The molecule has 0 heterocycles. The molecule has 0 fully saturated rings. The van der Waals surface area contributed by atoms with E-state index in [0.717, 1.165) is 17.4 Å². The molecule has 0 unspecified atom stereocenters. The highest BCUT2D eigenvalue weighted by atomic mass is 14.0. The van der Waals surface area contributed by atoms with Crippen LogP contribution in [0.15, 0.2) is 36.4 Å². The summed E-state index contributed by atoms with van der Waals surface area (Å²) >= 11 is 0. The lowest BCUT2D eigenvalue weighted by molar-refractivity contribution is 1.17. The molecule has 0 aliphatic heterocycles. The van der Waals surface area contributed by atoms with E-state index < -0.39 is 0 Å². The Hall–Kier alpha value is -1.50. The third-order valence-corrected chi connectivity index (χ3v) is 3.32. The summed E-state index contributed by atoms with van der Waals surface area (Å²) in [5, 5.41) is 0. The quantitative estimate of drug-likeness (QED) is 0.682. The van der Waals surface area contributed by atoms with Gasteiger partial charge in [-0.2, -0.15) is 0 Å².